The molecule has 0 saturated carbocycles. The molecule has 0 saturated heterocycles. The number of amidine groups is 1. The number of nitrogen functional groups attached to an aromatic ring is 1. The molecule has 1 amide bonds. The van der Waals surface area contributed by atoms with Gasteiger partial charge in [-0.2, -0.15) is 0 Å². The molecule has 1 aliphatic carbocycles. The average molecular weight is 377 g/mol. The van der Waals surface area contributed by atoms with Crippen LogP contribution in [0.2, 0.25) is 0 Å². The van der Waals surface area contributed by atoms with Crippen molar-refractivity contribution in [1.82, 2.24) is 0 Å². The SMILES string of the molecule is CCOC(=O)CC1=Cc2cc(NC(=O)c3ccc(C(=N)N)cc3)ccc2CC1. The molecule has 0 heterocycles. The number of hydrogen-bond donors (Lipinski definition) is 3. The minimum absolute atomic E-state index is 0.0351. The van der Waals surface area contributed by atoms with Gasteiger partial charge in [0.1, 0.15) is 5.84 Å². The monoisotopic (exact) mass is 377 g/mol. The lowest BCUT2D eigenvalue weighted by molar-refractivity contribution is -0.142. The molecule has 0 aromatic heterocycles. The summed E-state index contributed by atoms with van der Waals surface area (Å²) >= 11 is 0. The smallest absolute Gasteiger partial charge is 0.309 e. The first-order valence-corrected chi connectivity index (χ1v) is 9.20. The van der Waals surface area contributed by atoms with E-state index in [4.69, 9.17) is 15.9 Å². The van der Waals surface area contributed by atoms with Gasteiger partial charge < -0.3 is 15.8 Å². The summed E-state index contributed by atoms with van der Waals surface area (Å²) in [6, 6.07) is 12.4. The number of amides is 1. The van der Waals surface area contributed by atoms with Crippen LogP contribution in [0.3, 0.4) is 0 Å². The van der Waals surface area contributed by atoms with Crippen LogP contribution in [-0.4, -0.2) is 24.3 Å². The topological polar surface area (TPSA) is 105 Å². The second-order valence-electron chi connectivity index (χ2n) is 6.64. The molecule has 0 fully saturated rings. The fourth-order valence-corrected chi connectivity index (χ4v) is 3.16. The summed E-state index contributed by atoms with van der Waals surface area (Å²) in [5.41, 5.74) is 10.4. The molecule has 28 heavy (non-hydrogen) atoms. The number of ether oxygens (including phenoxy) is 1. The van der Waals surface area contributed by atoms with Crippen molar-refractivity contribution in [2.45, 2.75) is 26.2 Å². The highest BCUT2D eigenvalue weighted by Crippen LogP contribution is 2.28. The predicted octanol–water partition coefficient (Wildman–Crippen LogP) is 3.51. The maximum Gasteiger partial charge on any atom is 0.309 e. The quantitative estimate of drug-likeness (QED) is 0.407. The summed E-state index contributed by atoms with van der Waals surface area (Å²) in [7, 11) is 0. The van der Waals surface area contributed by atoms with Gasteiger partial charge in [0, 0.05) is 16.8 Å². The first-order valence-electron chi connectivity index (χ1n) is 9.20. The lowest BCUT2D eigenvalue weighted by Crippen LogP contribution is -2.14. The van der Waals surface area contributed by atoms with Crippen LogP contribution < -0.4 is 11.1 Å². The number of esters is 1. The molecular formula is C22H23N3O3. The van der Waals surface area contributed by atoms with Gasteiger partial charge in [-0.25, -0.2) is 0 Å². The Morgan fingerprint density at radius 2 is 1.82 bits per heavy atom. The van der Waals surface area contributed by atoms with Crippen molar-refractivity contribution < 1.29 is 14.3 Å². The van der Waals surface area contributed by atoms with Gasteiger partial charge in [0.25, 0.3) is 5.91 Å². The second kappa shape index (κ2) is 8.52. The Morgan fingerprint density at radius 3 is 2.50 bits per heavy atom. The van der Waals surface area contributed by atoms with Crippen molar-refractivity contribution in [3.8, 4) is 0 Å². The van der Waals surface area contributed by atoms with Crippen molar-refractivity contribution >= 4 is 29.5 Å². The number of carbonyl (C=O) groups is 2. The van der Waals surface area contributed by atoms with Gasteiger partial charge in [0.15, 0.2) is 0 Å². The van der Waals surface area contributed by atoms with Gasteiger partial charge in [0.05, 0.1) is 13.0 Å². The van der Waals surface area contributed by atoms with E-state index >= 15 is 0 Å². The van der Waals surface area contributed by atoms with E-state index in [0.29, 0.717) is 29.8 Å². The number of carbonyl (C=O) groups excluding carboxylic acids is 2. The van der Waals surface area contributed by atoms with Crippen LogP contribution in [0.25, 0.3) is 6.08 Å². The van der Waals surface area contributed by atoms with Crippen LogP contribution in [0.1, 0.15) is 46.8 Å². The van der Waals surface area contributed by atoms with Gasteiger partial charge in [-0.15, -0.1) is 0 Å². The maximum absolute atomic E-state index is 12.5. The highest BCUT2D eigenvalue weighted by molar-refractivity contribution is 6.05. The van der Waals surface area contributed by atoms with Gasteiger partial charge in [-0.3, -0.25) is 15.0 Å². The van der Waals surface area contributed by atoms with Crippen molar-refractivity contribution in [3.05, 3.63) is 70.3 Å². The molecule has 0 bridgehead atoms. The minimum Gasteiger partial charge on any atom is -0.466 e. The lowest BCUT2D eigenvalue weighted by atomic mass is 9.90. The zero-order valence-electron chi connectivity index (χ0n) is 15.7. The predicted molar refractivity (Wildman–Crippen MR) is 109 cm³/mol. The van der Waals surface area contributed by atoms with Crippen molar-refractivity contribution in [2.75, 3.05) is 11.9 Å². The molecule has 0 radical (unpaired) electrons. The number of fused-ring (bicyclic) bond motifs is 1. The van der Waals surface area contributed by atoms with Gasteiger partial charge in [-0.1, -0.05) is 29.8 Å². The van der Waals surface area contributed by atoms with E-state index in [1.165, 1.54) is 5.56 Å². The van der Waals surface area contributed by atoms with E-state index < -0.39 is 0 Å². The Labute approximate surface area is 163 Å². The number of rotatable bonds is 6. The molecule has 4 N–H and O–H groups in total. The van der Waals surface area contributed by atoms with Crippen molar-refractivity contribution in [1.29, 1.82) is 5.41 Å². The van der Waals surface area contributed by atoms with Gasteiger partial charge >= 0.3 is 5.97 Å². The highest BCUT2D eigenvalue weighted by atomic mass is 16.5. The van der Waals surface area contributed by atoms with E-state index in [1.54, 1.807) is 31.2 Å². The third-order valence-corrected chi connectivity index (χ3v) is 4.61. The maximum atomic E-state index is 12.5. The third-order valence-electron chi connectivity index (χ3n) is 4.61. The van der Waals surface area contributed by atoms with Crippen LogP contribution in [0.5, 0.6) is 0 Å². The van der Waals surface area contributed by atoms with Crippen molar-refractivity contribution in [3.63, 3.8) is 0 Å². The molecule has 1 aliphatic rings. The fraction of sp³-hybridized carbons (Fsp3) is 0.227. The Kier molecular flexibility index (Phi) is 5.89. The molecule has 144 valence electrons. The largest absolute Gasteiger partial charge is 0.466 e. The second-order valence-corrected chi connectivity index (χ2v) is 6.64. The molecule has 2 aromatic rings. The van der Waals surface area contributed by atoms with Crippen LogP contribution in [0.15, 0.2) is 48.0 Å². The Morgan fingerprint density at radius 1 is 1.11 bits per heavy atom. The standard InChI is InChI=1S/C22H23N3O3/c1-2-28-20(26)12-14-3-4-15-9-10-19(13-18(15)11-14)25-22(27)17-7-5-16(6-8-17)21(23)24/h5-11,13H,2-4,12H2,1H3,(H3,23,24)(H,25,27). The van der Waals surface area contributed by atoms with Gasteiger partial charge in [-0.05, 0) is 55.2 Å². The molecule has 6 heteroatoms. The normalized spacial score (nSPS) is 12.5. The number of anilines is 1. The van der Waals surface area contributed by atoms with Crippen LogP contribution in [0, 0.1) is 5.41 Å². The molecule has 6 nitrogen and oxygen atoms in total. The zero-order chi connectivity index (χ0) is 20.1. The minimum atomic E-state index is -0.235. The van der Waals surface area contributed by atoms with E-state index in [9.17, 15) is 9.59 Å². The Bertz CT molecular complexity index is 946. The van der Waals surface area contributed by atoms with Crippen LogP contribution in [0.4, 0.5) is 5.69 Å². The summed E-state index contributed by atoms with van der Waals surface area (Å²) < 4.78 is 5.02. The number of hydrogen-bond acceptors (Lipinski definition) is 4. The average Bonchev–Trinajstić information content (AvgIpc) is 2.68. The molecule has 2 aromatic carbocycles. The van der Waals surface area contributed by atoms with Crippen molar-refractivity contribution in [2.24, 2.45) is 5.73 Å². The summed E-state index contributed by atoms with van der Waals surface area (Å²) in [6.07, 6.45) is 4.00. The van der Waals surface area contributed by atoms with E-state index in [0.717, 1.165) is 24.0 Å². The Balaban J connectivity index is 1.73. The van der Waals surface area contributed by atoms with E-state index in [-0.39, 0.29) is 17.7 Å². The third kappa shape index (κ3) is 4.65. The van der Waals surface area contributed by atoms with E-state index in [2.05, 4.69) is 5.32 Å². The van der Waals surface area contributed by atoms with Crippen LogP contribution in [-0.2, 0) is 16.0 Å². The number of nitrogens with one attached hydrogen (secondary N) is 2. The fourth-order valence-electron chi connectivity index (χ4n) is 3.16. The summed E-state index contributed by atoms with van der Waals surface area (Å²) in [5, 5.41) is 10.3. The molecule has 0 atom stereocenters. The molecular weight excluding hydrogens is 354 g/mol. The molecule has 0 spiro atoms. The molecule has 3 rings (SSSR count). The number of aryl methyl sites for hydroxylation is 1. The molecule has 0 aliphatic heterocycles. The first kappa shape index (κ1) is 19.4. The Hall–Kier alpha value is -3.41. The summed E-state index contributed by atoms with van der Waals surface area (Å²) in [6.45, 7) is 2.18. The number of benzene rings is 2. The van der Waals surface area contributed by atoms with Crippen LogP contribution >= 0.6 is 0 Å². The summed E-state index contributed by atoms with van der Waals surface area (Å²) in [5.74, 6) is -0.482. The summed E-state index contributed by atoms with van der Waals surface area (Å²) in [4.78, 5) is 24.2. The lowest BCUT2D eigenvalue weighted by Gasteiger charge is -2.17. The first-order chi connectivity index (χ1) is 13.5. The van der Waals surface area contributed by atoms with E-state index in [1.807, 2.05) is 24.3 Å². The number of nitrogens with two attached hydrogens (primary N) is 1. The van der Waals surface area contributed by atoms with Gasteiger partial charge in [0.2, 0.25) is 0 Å². The zero-order valence-corrected chi connectivity index (χ0v) is 15.7. The molecule has 0 unspecified atom stereocenters. The highest BCUT2D eigenvalue weighted by Gasteiger charge is 2.15.